The zero-order valence-corrected chi connectivity index (χ0v) is 20.1. The Balaban J connectivity index is 1.20. The molecule has 4 N–H and O–H groups in total. The molecule has 10 nitrogen and oxygen atoms in total. The predicted molar refractivity (Wildman–Crippen MR) is 144 cm³/mol. The van der Waals surface area contributed by atoms with Crippen molar-refractivity contribution < 1.29 is 14.3 Å². The van der Waals surface area contributed by atoms with Gasteiger partial charge in [-0.15, -0.1) is 0 Å². The first-order valence-corrected chi connectivity index (χ1v) is 11.7. The third-order valence-corrected chi connectivity index (χ3v) is 6.06. The van der Waals surface area contributed by atoms with Crippen LogP contribution in [0.5, 0.6) is 0 Å². The minimum atomic E-state index is -0.435. The maximum atomic E-state index is 12.8. The van der Waals surface area contributed by atoms with E-state index < -0.39 is 5.97 Å². The molecule has 3 aromatic heterocycles. The number of carbonyl (C=O) groups excluding carboxylic acids is 2. The van der Waals surface area contributed by atoms with E-state index in [0.29, 0.717) is 28.6 Å². The van der Waals surface area contributed by atoms with Crippen molar-refractivity contribution in [2.75, 3.05) is 17.7 Å². The van der Waals surface area contributed by atoms with Crippen molar-refractivity contribution in [1.82, 2.24) is 25.1 Å². The molecule has 0 aliphatic heterocycles. The molecule has 3 aromatic carbocycles. The molecule has 10 heteroatoms. The molecule has 38 heavy (non-hydrogen) atoms. The second kappa shape index (κ2) is 9.51. The van der Waals surface area contributed by atoms with Gasteiger partial charge in [0.15, 0.2) is 5.82 Å². The van der Waals surface area contributed by atoms with Gasteiger partial charge in [-0.3, -0.25) is 9.89 Å². The van der Waals surface area contributed by atoms with E-state index in [1.54, 1.807) is 48.8 Å². The number of benzene rings is 3. The van der Waals surface area contributed by atoms with Crippen molar-refractivity contribution >= 4 is 50.9 Å². The fourth-order valence-electron chi connectivity index (χ4n) is 4.13. The normalized spacial score (nSPS) is 11.0. The quantitative estimate of drug-likeness (QED) is 0.227. The summed E-state index contributed by atoms with van der Waals surface area (Å²) >= 11 is 0. The van der Waals surface area contributed by atoms with Crippen LogP contribution < -0.4 is 10.6 Å². The summed E-state index contributed by atoms with van der Waals surface area (Å²) in [7, 11) is 1.32. The number of aromatic amines is 2. The number of methoxy groups -OCH3 is 1. The van der Waals surface area contributed by atoms with E-state index in [0.717, 1.165) is 33.1 Å². The molecule has 0 aliphatic carbocycles. The van der Waals surface area contributed by atoms with Crippen LogP contribution in [-0.2, 0) is 4.74 Å². The molecule has 1 amide bonds. The summed E-state index contributed by atoms with van der Waals surface area (Å²) in [6, 6.07) is 21.7. The average Bonchev–Trinajstić information content (AvgIpc) is 3.59. The average molecular weight is 504 g/mol. The van der Waals surface area contributed by atoms with E-state index >= 15 is 0 Å². The van der Waals surface area contributed by atoms with Gasteiger partial charge in [0, 0.05) is 39.4 Å². The van der Waals surface area contributed by atoms with Crippen LogP contribution in [0.4, 0.5) is 17.2 Å². The van der Waals surface area contributed by atoms with Crippen LogP contribution in [-0.4, -0.2) is 44.1 Å². The maximum absolute atomic E-state index is 12.8. The zero-order chi connectivity index (χ0) is 26.1. The minimum absolute atomic E-state index is 0.300. The summed E-state index contributed by atoms with van der Waals surface area (Å²) in [5.41, 5.74) is 4.80. The van der Waals surface area contributed by atoms with Gasteiger partial charge in [0.25, 0.3) is 5.91 Å². The van der Waals surface area contributed by atoms with Crippen LogP contribution in [0.25, 0.3) is 33.2 Å². The van der Waals surface area contributed by atoms with E-state index in [4.69, 9.17) is 4.74 Å². The minimum Gasteiger partial charge on any atom is -0.465 e. The van der Waals surface area contributed by atoms with Gasteiger partial charge in [0.1, 0.15) is 11.5 Å². The van der Waals surface area contributed by atoms with Gasteiger partial charge in [0.2, 0.25) is 0 Å². The Morgan fingerprint density at radius 1 is 0.868 bits per heavy atom. The fraction of sp³-hybridized carbons (Fsp3) is 0.0357. The lowest BCUT2D eigenvalue weighted by atomic mass is 10.1. The summed E-state index contributed by atoms with van der Waals surface area (Å²) in [5.74, 6) is 0.469. The van der Waals surface area contributed by atoms with Gasteiger partial charge >= 0.3 is 5.97 Å². The Morgan fingerprint density at radius 2 is 1.71 bits per heavy atom. The first kappa shape index (κ1) is 22.9. The largest absolute Gasteiger partial charge is 0.465 e. The molecule has 6 rings (SSSR count). The van der Waals surface area contributed by atoms with Gasteiger partial charge in [-0.05, 0) is 60.7 Å². The highest BCUT2D eigenvalue weighted by atomic mass is 16.5. The second-order valence-electron chi connectivity index (χ2n) is 8.57. The molecule has 0 spiro atoms. The zero-order valence-electron chi connectivity index (χ0n) is 20.1. The van der Waals surface area contributed by atoms with Gasteiger partial charge in [-0.25, -0.2) is 14.8 Å². The molecule has 0 aliphatic rings. The Hall–Kier alpha value is -5.51. The van der Waals surface area contributed by atoms with Crippen molar-refractivity contribution in [3.63, 3.8) is 0 Å². The smallest absolute Gasteiger partial charge is 0.337 e. The van der Waals surface area contributed by atoms with Gasteiger partial charge in [-0.2, -0.15) is 5.10 Å². The number of nitrogens with zero attached hydrogens (tertiary/aromatic N) is 3. The van der Waals surface area contributed by atoms with E-state index in [2.05, 4.69) is 35.8 Å². The number of esters is 1. The SMILES string of the molecule is COC(=O)c1ccc(NC(=O)c2cc3ccc(-c4nccc(Nc5ccc6[nH]ncc6c5)n4)cc3[nH]2)cc1. The topological polar surface area (TPSA) is 138 Å². The molecule has 0 fully saturated rings. The summed E-state index contributed by atoms with van der Waals surface area (Å²) in [6.45, 7) is 0. The molecule has 3 heterocycles. The van der Waals surface area contributed by atoms with Crippen LogP contribution in [0.2, 0.25) is 0 Å². The first-order chi connectivity index (χ1) is 18.6. The van der Waals surface area contributed by atoms with Crippen molar-refractivity contribution in [3.05, 3.63) is 96.4 Å². The number of ether oxygens (including phenoxy) is 1. The number of H-pyrrole nitrogens is 2. The van der Waals surface area contributed by atoms with Crippen LogP contribution >= 0.6 is 0 Å². The number of hydrogen-bond acceptors (Lipinski definition) is 7. The number of amides is 1. The number of carbonyl (C=O) groups is 2. The summed E-state index contributed by atoms with van der Waals surface area (Å²) < 4.78 is 4.70. The van der Waals surface area contributed by atoms with Crippen LogP contribution in [0.15, 0.2) is 85.2 Å². The summed E-state index contributed by atoms with van der Waals surface area (Å²) in [5, 5.41) is 15.0. The standard InChI is InChI=1S/C28H21N7O3/c1-38-28(37)16-4-6-20(7-5-16)32-27(36)24-13-17-2-3-18(14-23(17)33-24)26-29-11-10-25(34-26)31-21-8-9-22-19(12-21)15-30-35-22/h2-15,33H,1H3,(H,30,35)(H,32,36)(H,29,31,34). The van der Waals surface area contributed by atoms with Crippen molar-refractivity contribution in [2.24, 2.45) is 0 Å². The highest BCUT2D eigenvalue weighted by Gasteiger charge is 2.13. The molecule has 6 aromatic rings. The number of nitrogens with one attached hydrogen (secondary N) is 4. The van der Waals surface area contributed by atoms with Crippen LogP contribution in [0, 0.1) is 0 Å². The third kappa shape index (κ3) is 4.53. The lowest BCUT2D eigenvalue weighted by molar-refractivity contribution is 0.0600. The van der Waals surface area contributed by atoms with Crippen molar-refractivity contribution in [2.45, 2.75) is 0 Å². The summed E-state index contributed by atoms with van der Waals surface area (Å²) in [6.07, 6.45) is 3.47. The van der Waals surface area contributed by atoms with E-state index in [-0.39, 0.29) is 5.91 Å². The Labute approximate surface area is 216 Å². The number of fused-ring (bicyclic) bond motifs is 2. The van der Waals surface area contributed by atoms with E-state index in [9.17, 15) is 9.59 Å². The number of aromatic nitrogens is 5. The molecule has 0 atom stereocenters. The fourth-order valence-corrected chi connectivity index (χ4v) is 4.13. The first-order valence-electron chi connectivity index (χ1n) is 11.7. The van der Waals surface area contributed by atoms with E-state index in [1.807, 2.05) is 36.4 Å². The van der Waals surface area contributed by atoms with Crippen LogP contribution in [0.1, 0.15) is 20.8 Å². The molecular formula is C28H21N7O3. The third-order valence-electron chi connectivity index (χ3n) is 6.06. The Morgan fingerprint density at radius 3 is 2.55 bits per heavy atom. The number of hydrogen-bond donors (Lipinski definition) is 4. The molecule has 0 unspecified atom stereocenters. The molecule has 0 radical (unpaired) electrons. The number of rotatable bonds is 6. The highest BCUT2D eigenvalue weighted by molar-refractivity contribution is 6.06. The highest BCUT2D eigenvalue weighted by Crippen LogP contribution is 2.25. The molecule has 0 saturated heterocycles. The van der Waals surface area contributed by atoms with Gasteiger partial charge < -0.3 is 20.4 Å². The van der Waals surface area contributed by atoms with Crippen molar-refractivity contribution in [3.8, 4) is 11.4 Å². The molecular weight excluding hydrogens is 482 g/mol. The number of anilines is 3. The second-order valence-corrected chi connectivity index (χ2v) is 8.57. The van der Waals surface area contributed by atoms with Crippen molar-refractivity contribution in [1.29, 1.82) is 0 Å². The Bertz CT molecular complexity index is 1810. The Kier molecular flexibility index (Phi) is 5.74. The van der Waals surface area contributed by atoms with Gasteiger partial charge in [0.05, 0.1) is 24.4 Å². The molecule has 186 valence electrons. The lowest BCUT2D eigenvalue weighted by Gasteiger charge is -2.07. The predicted octanol–water partition coefficient (Wildman–Crippen LogP) is 5.28. The van der Waals surface area contributed by atoms with Crippen LogP contribution in [0.3, 0.4) is 0 Å². The van der Waals surface area contributed by atoms with E-state index in [1.165, 1.54) is 7.11 Å². The summed E-state index contributed by atoms with van der Waals surface area (Å²) in [4.78, 5) is 36.7. The maximum Gasteiger partial charge on any atom is 0.337 e. The monoisotopic (exact) mass is 503 g/mol. The molecule has 0 saturated carbocycles. The van der Waals surface area contributed by atoms with Gasteiger partial charge in [-0.1, -0.05) is 12.1 Å². The lowest BCUT2D eigenvalue weighted by Crippen LogP contribution is -2.12. The molecule has 0 bridgehead atoms.